The molecule has 154 valence electrons. The van der Waals surface area contributed by atoms with Crippen LogP contribution in [0.3, 0.4) is 0 Å². The summed E-state index contributed by atoms with van der Waals surface area (Å²) < 4.78 is 7.14. The molecule has 0 amide bonds. The van der Waals surface area contributed by atoms with E-state index in [0.717, 1.165) is 36.7 Å². The number of hydrogen-bond acceptors (Lipinski definition) is 4. The van der Waals surface area contributed by atoms with Crippen molar-refractivity contribution in [2.45, 2.75) is 19.9 Å². The number of pyridine rings is 1. The Morgan fingerprint density at radius 2 is 1.93 bits per heavy atom. The van der Waals surface area contributed by atoms with Crippen LogP contribution in [0.2, 0.25) is 0 Å². The highest BCUT2D eigenvalue weighted by Gasteiger charge is 2.04. The molecule has 1 aromatic carbocycles. The monoisotopic (exact) mass is 506 g/mol. The molecule has 0 bridgehead atoms. The highest BCUT2D eigenvalue weighted by molar-refractivity contribution is 14.0. The zero-order chi connectivity index (χ0) is 19.6. The van der Waals surface area contributed by atoms with Gasteiger partial charge >= 0.3 is 0 Å². The Kier molecular flexibility index (Phi) is 9.42. The number of hydrogen-bond donors (Lipinski definition) is 2. The number of methoxy groups -OCH3 is 1. The predicted molar refractivity (Wildman–Crippen MR) is 126 cm³/mol. The van der Waals surface area contributed by atoms with E-state index in [0.29, 0.717) is 12.4 Å². The lowest BCUT2D eigenvalue weighted by atomic mass is 10.1. The second kappa shape index (κ2) is 12.1. The maximum Gasteiger partial charge on any atom is 0.218 e. The Hall–Kier alpha value is -2.62. The van der Waals surface area contributed by atoms with Crippen LogP contribution in [-0.2, 0) is 13.0 Å². The third-order valence-electron chi connectivity index (χ3n) is 4.21. The van der Waals surface area contributed by atoms with Crippen molar-refractivity contribution in [2.75, 3.05) is 20.2 Å². The van der Waals surface area contributed by atoms with Gasteiger partial charge in [-0.05, 0) is 43.2 Å². The molecule has 0 aliphatic heterocycles. The van der Waals surface area contributed by atoms with E-state index in [4.69, 9.17) is 4.74 Å². The van der Waals surface area contributed by atoms with Gasteiger partial charge in [0, 0.05) is 37.2 Å². The molecule has 7 nitrogen and oxygen atoms in total. The summed E-state index contributed by atoms with van der Waals surface area (Å²) in [5.41, 5.74) is 3.27. The van der Waals surface area contributed by atoms with Crippen molar-refractivity contribution in [3.63, 3.8) is 0 Å². The van der Waals surface area contributed by atoms with Gasteiger partial charge in [0.05, 0.1) is 19.3 Å². The normalized spacial score (nSPS) is 10.9. The molecule has 0 radical (unpaired) electrons. The van der Waals surface area contributed by atoms with Crippen LogP contribution in [0.4, 0.5) is 0 Å². The standard InChI is InChI=1S/C21H26N6O.HI/c1-3-22-21(25-16-18-6-4-12-23-20(18)28-2)24-14-11-17-7-9-19(10-8-17)27-15-5-13-26-27;/h4-10,12-13,15H,3,11,14,16H2,1-2H3,(H2,22,24,25);1H. The number of ether oxygens (including phenoxy) is 1. The number of benzene rings is 1. The molecule has 2 aromatic heterocycles. The smallest absolute Gasteiger partial charge is 0.218 e. The molecule has 29 heavy (non-hydrogen) atoms. The lowest BCUT2D eigenvalue weighted by molar-refractivity contribution is 0.392. The fourth-order valence-corrected chi connectivity index (χ4v) is 2.80. The average Bonchev–Trinajstić information content (AvgIpc) is 3.27. The summed E-state index contributed by atoms with van der Waals surface area (Å²) in [6, 6.07) is 14.2. The molecular formula is C21H27IN6O. The van der Waals surface area contributed by atoms with E-state index >= 15 is 0 Å². The SMILES string of the molecule is CCNC(=NCc1cccnc1OC)NCCc1ccc(-n2cccn2)cc1.I. The summed E-state index contributed by atoms with van der Waals surface area (Å²) in [5, 5.41) is 10.9. The van der Waals surface area contributed by atoms with Crippen LogP contribution >= 0.6 is 24.0 Å². The van der Waals surface area contributed by atoms with E-state index < -0.39 is 0 Å². The first-order chi connectivity index (χ1) is 13.8. The minimum absolute atomic E-state index is 0. The highest BCUT2D eigenvalue weighted by atomic mass is 127. The molecule has 0 aliphatic rings. The quantitative estimate of drug-likeness (QED) is 0.279. The molecule has 0 unspecified atom stereocenters. The fraction of sp³-hybridized carbons (Fsp3) is 0.286. The predicted octanol–water partition coefficient (Wildman–Crippen LogP) is 3.19. The topological polar surface area (TPSA) is 76.4 Å². The number of guanidine groups is 1. The Balaban J connectivity index is 0.00000300. The molecule has 3 aromatic rings. The van der Waals surface area contributed by atoms with E-state index in [1.807, 2.05) is 29.1 Å². The number of nitrogens with one attached hydrogen (secondary N) is 2. The van der Waals surface area contributed by atoms with Crippen LogP contribution in [0.25, 0.3) is 5.69 Å². The second-order valence-corrected chi connectivity index (χ2v) is 6.16. The van der Waals surface area contributed by atoms with Crippen molar-refractivity contribution in [1.82, 2.24) is 25.4 Å². The minimum Gasteiger partial charge on any atom is -0.481 e. The molecule has 3 rings (SSSR count). The van der Waals surface area contributed by atoms with Gasteiger partial charge < -0.3 is 15.4 Å². The summed E-state index contributed by atoms with van der Waals surface area (Å²) in [6.45, 7) is 4.15. The number of aliphatic imine (C=N–C) groups is 1. The lowest BCUT2D eigenvalue weighted by Crippen LogP contribution is -2.38. The van der Waals surface area contributed by atoms with E-state index in [2.05, 4.69) is 56.9 Å². The molecular weight excluding hydrogens is 479 g/mol. The maximum absolute atomic E-state index is 5.29. The Bertz CT molecular complexity index is 880. The van der Waals surface area contributed by atoms with Crippen molar-refractivity contribution in [2.24, 2.45) is 4.99 Å². The number of halogens is 1. The number of aromatic nitrogens is 3. The van der Waals surface area contributed by atoms with E-state index in [1.54, 1.807) is 19.5 Å². The lowest BCUT2D eigenvalue weighted by Gasteiger charge is -2.12. The molecule has 2 N–H and O–H groups in total. The zero-order valence-electron chi connectivity index (χ0n) is 16.7. The molecule has 0 spiro atoms. The van der Waals surface area contributed by atoms with Gasteiger partial charge in [-0.15, -0.1) is 24.0 Å². The van der Waals surface area contributed by atoms with Gasteiger partial charge in [-0.3, -0.25) is 0 Å². The molecule has 0 saturated carbocycles. The van der Waals surface area contributed by atoms with Gasteiger partial charge in [0.15, 0.2) is 5.96 Å². The highest BCUT2D eigenvalue weighted by Crippen LogP contribution is 2.14. The van der Waals surface area contributed by atoms with Crippen LogP contribution in [0.1, 0.15) is 18.1 Å². The van der Waals surface area contributed by atoms with Crippen molar-refractivity contribution in [3.8, 4) is 11.6 Å². The first-order valence-electron chi connectivity index (χ1n) is 9.39. The van der Waals surface area contributed by atoms with Crippen molar-refractivity contribution >= 4 is 29.9 Å². The van der Waals surface area contributed by atoms with Gasteiger partial charge in [0.1, 0.15) is 0 Å². The molecule has 0 fully saturated rings. The Labute approximate surface area is 188 Å². The van der Waals surface area contributed by atoms with Gasteiger partial charge in [-0.2, -0.15) is 5.10 Å². The first-order valence-corrected chi connectivity index (χ1v) is 9.39. The van der Waals surface area contributed by atoms with Crippen molar-refractivity contribution in [1.29, 1.82) is 0 Å². The maximum atomic E-state index is 5.29. The molecule has 8 heteroatoms. The van der Waals surface area contributed by atoms with Crippen LogP contribution in [-0.4, -0.2) is 40.9 Å². The van der Waals surface area contributed by atoms with Crippen LogP contribution in [0.5, 0.6) is 5.88 Å². The molecule has 0 saturated heterocycles. The van der Waals surface area contributed by atoms with Gasteiger partial charge in [-0.1, -0.05) is 18.2 Å². The summed E-state index contributed by atoms with van der Waals surface area (Å²) in [5.74, 6) is 1.39. The van der Waals surface area contributed by atoms with Gasteiger partial charge in [0.2, 0.25) is 5.88 Å². The summed E-state index contributed by atoms with van der Waals surface area (Å²) in [4.78, 5) is 8.84. The second-order valence-electron chi connectivity index (χ2n) is 6.16. The molecule has 0 aliphatic carbocycles. The summed E-state index contributed by atoms with van der Waals surface area (Å²) >= 11 is 0. The molecule has 2 heterocycles. The van der Waals surface area contributed by atoms with Crippen LogP contribution < -0.4 is 15.4 Å². The molecule has 0 atom stereocenters. The summed E-state index contributed by atoms with van der Waals surface area (Å²) in [7, 11) is 1.62. The average molecular weight is 506 g/mol. The number of nitrogens with zero attached hydrogens (tertiary/aromatic N) is 4. The van der Waals surface area contributed by atoms with E-state index in [-0.39, 0.29) is 24.0 Å². The third kappa shape index (κ3) is 6.74. The zero-order valence-corrected chi connectivity index (χ0v) is 19.0. The first kappa shape index (κ1) is 22.7. The third-order valence-corrected chi connectivity index (χ3v) is 4.21. The number of rotatable bonds is 8. The van der Waals surface area contributed by atoms with Crippen molar-refractivity contribution < 1.29 is 4.74 Å². The van der Waals surface area contributed by atoms with E-state index in [9.17, 15) is 0 Å². The largest absolute Gasteiger partial charge is 0.481 e. The summed E-state index contributed by atoms with van der Waals surface area (Å²) in [6.07, 6.45) is 6.33. The fourth-order valence-electron chi connectivity index (χ4n) is 2.80. The van der Waals surface area contributed by atoms with Gasteiger partial charge in [0.25, 0.3) is 0 Å². The van der Waals surface area contributed by atoms with Crippen LogP contribution in [0, 0.1) is 0 Å². The van der Waals surface area contributed by atoms with Crippen molar-refractivity contribution in [3.05, 3.63) is 72.2 Å². The van der Waals surface area contributed by atoms with Crippen LogP contribution in [0.15, 0.2) is 66.0 Å². The van der Waals surface area contributed by atoms with E-state index in [1.165, 1.54) is 5.56 Å². The minimum atomic E-state index is 0. The van der Waals surface area contributed by atoms with Gasteiger partial charge in [-0.25, -0.2) is 14.7 Å². The Morgan fingerprint density at radius 3 is 2.62 bits per heavy atom. The Morgan fingerprint density at radius 1 is 1.10 bits per heavy atom.